The highest BCUT2D eigenvalue weighted by Crippen LogP contribution is 2.15. The molecule has 0 aliphatic heterocycles. The van der Waals surface area contributed by atoms with Crippen LogP contribution in [0.15, 0.2) is 48.5 Å². The average molecular weight is 455 g/mol. The van der Waals surface area contributed by atoms with Crippen molar-refractivity contribution in [2.75, 3.05) is 19.8 Å². The Balaban J connectivity index is 1.74. The van der Waals surface area contributed by atoms with Crippen molar-refractivity contribution >= 4 is 11.8 Å². The molecule has 0 radical (unpaired) electrons. The fourth-order valence-electron chi connectivity index (χ4n) is 2.94. The van der Waals surface area contributed by atoms with Crippen molar-refractivity contribution in [2.24, 2.45) is 11.8 Å². The van der Waals surface area contributed by atoms with Gasteiger partial charge < -0.3 is 20.1 Å². The molecule has 2 aromatic rings. The fraction of sp³-hybridized carbons (Fsp3) is 0.481. The second-order valence-corrected chi connectivity index (χ2v) is 9.20. The van der Waals surface area contributed by atoms with Gasteiger partial charge in [-0.1, -0.05) is 27.7 Å². The Morgan fingerprint density at radius 2 is 1.12 bits per heavy atom. The van der Waals surface area contributed by atoms with Gasteiger partial charge in [0.2, 0.25) is 0 Å². The van der Waals surface area contributed by atoms with Crippen LogP contribution >= 0.6 is 0 Å². The molecule has 0 heterocycles. The van der Waals surface area contributed by atoms with Gasteiger partial charge in [-0.05, 0) is 80.1 Å². The van der Waals surface area contributed by atoms with E-state index in [1.807, 2.05) is 6.92 Å². The summed E-state index contributed by atoms with van der Waals surface area (Å²) in [4.78, 5) is 24.9. The van der Waals surface area contributed by atoms with Crippen LogP contribution in [0.5, 0.6) is 11.5 Å². The third-order valence-electron chi connectivity index (χ3n) is 5.11. The van der Waals surface area contributed by atoms with Gasteiger partial charge in [-0.2, -0.15) is 0 Å². The smallest absolute Gasteiger partial charge is 0.251 e. The molecule has 0 saturated carbocycles. The molecule has 0 bridgehead atoms. The molecule has 0 aromatic heterocycles. The second-order valence-electron chi connectivity index (χ2n) is 9.20. The highest BCUT2D eigenvalue weighted by Gasteiger charge is 2.12. The normalized spacial score (nSPS) is 11.8. The predicted octanol–water partition coefficient (Wildman–Crippen LogP) is 5.08. The molecular weight excluding hydrogens is 416 g/mol. The number of benzene rings is 2. The zero-order valence-corrected chi connectivity index (χ0v) is 20.5. The molecule has 33 heavy (non-hydrogen) atoms. The standard InChI is InChI=1S/C27H38N2O4/c1-19(2)14-16-32-24-10-6-22(7-11-24)26(30)28-18-21(5)29-27(31)23-8-12-25(13-9-23)33-17-15-20(3)4/h6-13,19-21H,14-18H2,1-5H3,(H,28,30)(H,29,31). The number of hydrogen-bond acceptors (Lipinski definition) is 4. The molecule has 2 amide bonds. The highest BCUT2D eigenvalue weighted by molar-refractivity contribution is 5.95. The Morgan fingerprint density at radius 3 is 1.55 bits per heavy atom. The van der Waals surface area contributed by atoms with E-state index in [0.717, 1.165) is 24.3 Å². The Morgan fingerprint density at radius 1 is 0.697 bits per heavy atom. The van der Waals surface area contributed by atoms with E-state index in [1.165, 1.54) is 0 Å². The molecule has 6 heteroatoms. The molecule has 0 aliphatic carbocycles. The van der Waals surface area contributed by atoms with Gasteiger partial charge in [0.1, 0.15) is 11.5 Å². The monoisotopic (exact) mass is 454 g/mol. The van der Waals surface area contributed by atoms with Crippen molar-refractivity contribution in [1.29, 1.82) is 0 Å². The van der Waals surface area contributed by atoms with Crippen LogP contribution in [-0.2, 0) is 0 Å². The summed E-state index contributed by atoms with van der Waals surface area (Å²) in [7, 11) is 0. The van der Waals surface area contributed by atoms with Crippen LogP contribution in [0.2, 0.25) is 0 Å². The number of rotatable bonds is 13. The molecule has 2 rings (SSSR count). The largest absolute Gasteiger partial charge is 0.494 e. The van der Waals surface area contributed by atoms with Gasteiger partial charge in [0.25, 0.3) is 11.8 Å². The number of ether oxygens (including phenoxy) is 2. The van der Waals surface area contributed by atoms with Gasteiger partial charge in [-0.15, -0.1) is 0 Å². The SMILES string of the molecule is CC(C)CCOc1ccc(C(=O)NCC(C)NC(=O)c2ccc(OCCC(C)C)cc2)cc1. The third kappa shape index (κ3) is 9.98. The average Bonchev–Trinajstić information content (AvgIpc) is 2.78. The van der Waals surface area contributed by atoms with E-state index in [-0.39, 0.29) is 17.9 Å². The maximum atomic E-state index is 12.5. The Kier molecular flexibility index (Phi) is 10.7. The van der Waals surface area contributed by atoms with Crippen LogP contribution in [0.1, 0.15) is 68.2 Å². The topological polar surface area (TPSA) is 76.7 Å². The lowest BCUT2D eigenvalue weighted by molar-refractivity contribution is 0.0912. The zero-order chi connectivity index (χ0) is 24.2. The first-order valence-corrected chi connectivity index (χ1v) is 11.8. The van der Waals surface area contributed by atoms with Gasteiger partial charge in [-0.25, -0.2) is 0 Å². The fourth-order valence-corrected chi connectivity index (χ4v) is 2.94. The number of amides is 2. The van der Waals surface area contributed by atoms with Crippen molar-refractivity contribution in [1.82, 2.24) is 10.6 Å². The van der Waals surface area contributed by atoms with E-state index in [2.05, 4.69) is 38.3 Å². The van der Waals surface area contributed by atoms with Crippen LogP contribution in [0.4, 0.5) is 0 Å². The maximum absolute atomic E-state index is 12.5. The van der Waals surface area contributed by atoms with Crippen molar-refractivity contribution in [2.45, 2.75) is 53.5 Å². The number of carbonyl (C=O) groups is 2. The van der Waals surface area contributed by atoms with Crippen molar-refractivity contribution < 1.29 is 19.1 Å². The first-order valence-electron chi connectivity index (χ1n) is 11.8. The summed E-state index contributed by atoms with van der Waals surface area (Å²) in [6.07, 6.45) is 1.98. The van der Waals surface area contributed by atoms with Crippen LogP contribution in [0.3, 0.4) is 0 Å². The van der Waals surface area contributed by atoms with Crippen LogP contribution < -0.4 is 20.1 Å². The first-order chi connectivity index (χ1) is 15.7. The van der Waals surface area contributed by atoms with E-state index in [9.17, 15) is 9.59 Å². The molecule has 2 aromatic carbocycles. The van der Waals surface area contributed by atoms with E-state index in [4.69, 9.17) is 9.47 Å². The van der Waals surface area contributed by atoms with E-state index >= 15 is 0 Å². The maximum Gasteiger partial charge on any atom is 0.251 e. The van der Waals surface area contributed by atoms with Gasteiger partial charge in [0.05, 0.1) is 13.2 Å². The number of nitrogens with one attached hydrogen (secondary N) is 2. The zero-order valence-electron chi connectivity index (χ0n) is 20.5. The van der Waals surface area contributed by atoms with Crippen LogP contribution in [0, 0.1) is 11.8 Å². The van der Waals surface area contributed by atoms with E-state index in [1.54, 1.807) is 48.5 Å². The highest BCUT2D eigenvalue weighted by atomic mass is 16.5. The number of hydrogen-bond donors (Lipinski definition) is 2. The third-order valence-corrected chi connectivity index (χ3v) is 5.11. The lowest BCUT2D eigenvalue weighted by atomic mass is 10.1. The Hall–Kier alpha value is -3.02. The van der Waals surface area contributed by atoms with Crippen molar-refractivity contribution in [3.8, 4) is 11.5 Å². The Labute approximate surface area is 198 Å². The molecule has 6 nitrogen and oxygen atoms in total. The molecule has 180 valence electrons. The minimum absolute atomic E-state index is 0.187. The molecule has 0 fully saturated rings. The molecule has 1 unspecified atom stereocenters. The molecule has 0 aliphatic rings. The Bertz CT molecular complexity index is 861. The lowest BCUT2D eigenvalue weighted by Crippen LogP contribution is -2.41. The molecule has 2 N–H and O–H groups in total. The first kappa shape index (κ1) is 26.2. The van der Waals surface area contributed by atoms with Crippen molar-refractivity contribution in [3.63, 3.8) is 0 Å². The molecule has 1 atom stereocenters. The minimum Gasteiger partial charge on any atom is -0.494 e. The van der Waals surface area contributed by atoms with E-state index < -0.39 is 0 Å². The molecule has 0 spiro atoms. The molecular formula is C27H38N2O4. The number of carbonyl (C=O) groups excluding carboxylic acids is 2. The van der Waals surface area contributed by atoms with Crippen molar-refractivity contribution in [3.05, 3.63) is 59.7 Å². The van der Waals surface area contributed by atoms with Gasteiger partial charge in [0.15, 0.2) is 0 Å². The lowest BCUT2D eigenvalue weighted by Gasteiger charge is -2.15. The van der Waals surface area contributed by atoms with Crippen LogP contribution in [-0.4, -0.2) is 37.6 Å². The minimum atomic E-state index is -0.220. The predicted molar refractivity (Wildman–Crippen MR) is 132 cm³/mol. The summed E-state index contributed by atoms with van der Waals surface area (Å²) >= 11 is 0. The summed E-state index contributed by atoms with van der Waals surface area (Å²) in [5, 5.41) is 5.77. The summed E-state index contributed by atoms with van der Waals surface area (Å²) in [6.45, 7) is 12.1. The van der Waals surface area contributed by atoms with Gasteiger partial charge >= 0.3 is 0 Å². The van der Waals surface area contributed by atoms with Crippen LogP contribution in [0.25, 0.3) is 0 Å². The summed E-state index contributed by atoms with van der Waals surface area (Å²) < 4.78 is 11.4. The van der Waals surface area contributed by atoms with Gasteiger partial charge in [-0.3, -0.25) is 9.59 Å². The summed E-state index contributed by atoms with van der Waals surface area (Å²) in [5.74, 6) is 2.31. The molecule has 0 saturated heterocycles. The quantitative estimate of drug-likeness (QED) is 0.442. The summed E-state index contributed by atoms with van der Waals surface area (Å²) in [6, 6.07) is 14.0. The summed E-state index contributed by atoms with van der Waals surface area (Å²) in [5.41, 5.74) is 1.11. The van der Waals surface area contributed by atoms with Gasteiger partial charge in [0, 0.05) is 23.7 Å². The van der Waals surface area contributed by atoms with E-state index in [0.29, 0.717) is 42.7 Å². The second kappa shape index (κ2) is 13.5.